The molecule has 0 aliphatic rings. The highest BCUT2D eigenvalue weighted by Crippen LogP contribution is 2.31. The summed E-state index contributed by atoms with van der Waals surface area (Å²) in [5, 5.41) is 9.10. The lowest BCUT2D eigenvalue weighted by atomic mass is 10.1. The minimum absolute atomic E-state index is 0.235. The molecular formula is C21H18F3NO4S. The molecule has 0 saturated carbocycles. The molecule has 0 bridgehead atoms. The van der Waals surface area contributed by atoms with Gasteiger partial charge in [-0.2, -0.15) is 17.5 Å². The first-order valence-electron chi connectivity index (χ1n) is 8.83. The first-order chi connectivity index (χ1) is 14.0. The number of halogens is 3. The van der Waals surface area contributed by atoms with Crippen LogP contribution >= 0.6 is 11.5 Å². The Morgan fingerprint density at radius 1 is 1.03 bits per heavy atom. The summed E-state index contributed by atoms with van der Waals surface area (Å²) in [4.78, 5) is 11.9. The van der Waals surface area contributed by atoms with Crippen LogP contribution in [-0.2, 0) is 17.6 Å². The summed E-state index contributed by atoms with van der Waals surface area (Å²) in [5.41, 5.74) is -0.885. The summed E-state index contributed by atoms with van der Waals surface area (Å²) in [7, 11) is 0. The maximum Gasteiger partial charge on any atom is 0.416 e. The van der Waals surface area contributed by atoms with E-state index in [2.05, 4.69) is 4.37 Å². The van der Waals surface area contributed by atoms with Crippen molar-refractivity contribution in [1.82, 2.24) is 4.37 Å². The number of aliphatic carboxylic acids is 1. The largest absolute Gasteiger partial charge is 0.488 e. The lowest BCUT2D eigenvalue weighted by Crippen LogP contribution is -2.37. The first kappa shape index (κ1) is 21.6. The lowest BCUT2D eigenvalue weighted by molar-refractivity contribution is -0.152. The van der Waals surface area contributed by atoms with Gasteiger partial charge in [0.05, 0.1) is 16.1 Å². The molecule has 3 aromatic rings. The second kappa shape index (κ2) is 8.35. The van der Waals surface area contributed by atoms with Crippen LogP contribution in [0.15, 0.2) is 54.6 Å². The van der Waals surface area contributed by atoms with Crippen molar-refractivity contribution in [3.63, 3.8) is 0 Å². The third kappa shape index (κ3) is 5.29. The van der Waals surface area contributed by atoms with Gasteiger partial charge in [-0.3, -0.25) is 0 Å². The van der Waals surface area contributed by atoms with E-state index in [4.69, 9.17) is 14.6 Å². The number of carboxylic acid groups (broad SMARTS) is 1. The van der Waals surface area contributed by atoms with E-state index in [9.17, 15) is 18.0 Å². The predicted octanol–water partition coefficient (Wildman–Crippen LogP) is 5.65. The Bertz CT molecular complexity index is 1010. The van der Waals surface area contributed by atoms with E-state index >= 15 is 0 Å². The summed E-state index contributed by atoms with van der Waals surface area (Å²) in [6.07, 6.45) is -4.37. The second-order valence-electron chi connectivity index (χ2n) is 6.93. The quantitative estimate of drug-likeness (QED) is 0.517. The zero-order valence-corrected chi connectivity index (χ0v) is 16.9. The second-order valence-corrected chi connectivity index (χ2v) is 7.82. The van der Waals surface area contributed by atoms with Gasteiger partial charge in [-0.15, -0.1) is 0 Å². The Hall–Kier alpha value is -3.07. The molecule has 1 heterocycles. The van der Waals surface area contributed by atoms with Gasteiger partial charge >= 0.3 is 12.1 Å². The van der Waals surface area contributed by atoms with E-state index in [0.29, 0.717) is 22.8 Å². The highest BCUT2D eigenvalue weighted by atomic mass is 32.1. The van der Waals surface area contributed by atoms with E-state index in [1.165, 1.54) is 37.5 Å². The highest BCUT2D eigenvalue weighted by Gasteiger charge is 2.30. The van der Waals surface area contributed by atoms with Gasteiger partial charge in [0, 0.05) is 5.56 Å². The Morgan fingerprint density at radius 3 is 2.20 bits per heavy atom. The molecule has 2 aromatic carbocycles. The monoisotopic (exact) mass is 437 g/mol. The zero-order chi connectivity index (χ0) is 21.9. The molecule has 1 aromatic heterocycles. The summed E-state index contributed by atoms with van der Waals surface area (Å²) < 4.78 is 53.4. The molecule has 3 rings (SSSR count). The normalized spacial score (nSPS) is 11.9. The molecule has 0 aliphatic heterocycles. The molecule has 0 spiro atoms. The number of nitrogens with zero attached hydrogens (tertiary/aromatic N) is 1. The Kier molecular flexibility index (Phi) is 6.02. The van der Waals surface area contributed by atoms with Crippen molar-refractivity contribution in [3.8, 4) is 22.8 Å². The molecule has 0 amide bonds. The average Bonchev–Trinajstić information content (AvgIpc) is 3.15. The van der Waals surface area contributed by atoms with Gasteiger partial charge in [-0.1, -0.05) is 12.1 Å². The van der Waals surface area contributed by atoms with Crippen molar-refractivity contribution in [1.29, 1.82) is 0 Å². The van der Waals surface area contributed by atoms with Gasteiger partial charge in [0.25, 0.3) is 0 Å². The van der Waals surface area contributed by atoms with E-state index in [1.807, 2.05) is 0 Å². The third-order valence-electron chi connectivity index (χ3n) is 4.16. The summed E-state index contributed by atoms with van der Waals surface area (Å²) in [6, 6.07) is 13.1. The smallest absolute Gasteiger partial charge is 0.416 e. The molecule has 1 N–H and O–H groups in total. The molecule has 30 heavy (non-hydrogen) atoms. The number of aromatic nitrogens is 1. The van der Waals surface area contributed by atoms with Crippen molar-refractivity contribution >= 4 is 17.5 Å². The van der Waals surface area contributed by atoms with Crippen LogP contribution in [0.1, 0.15) is 24.3 Å². The maximum atomic E-state index is 12.7. The maximum absolute atomic E-state index is 12.7. The van der Waals surface area contributed by atoms with Gasteiger partial charge in [0.1, 0.15) is 18.1 Å². The molecule has 158 valence electrons. The molecular weight excluding hydrogens is 419 g/mol. The van der Waals surface area contributed by atoms with Crippen molar-refractivity contribution in [2.75, 3.05) is 0 Å². The van der Waals surface area contributed by atoms with Gasteiger partial charge in [0.2, 0.25) is 0 Å². The number of hydrogen-bond acceptors (Lipinski definition) is 5. The van der Waals surface area contributed by atoms with Crippen molar-refractivity contribution < 1.29 is 32.5 Å². The van der Waals surface area contributed by atoms with Crippen LogP contribution in [0.4, 0.5) is 13.2 Å². The number of rotatable bonds is 7. The molecule has 5 nitrogen and oxygen atoms in total. The molecule has 9 heteroatoms. The van der Waals surface area contributed by atoms with Gasteiger partial charge in [-0.25, -0.2) is 4.79 Å². The van der Waals surface area contributed by atoms with Crippen molar-refractivity contribution in [3.05, 3.63) is 65.0 Å². The van der Waals surface area contributed by atoms with E-state index in [1.54, 1.807) is 30.3 Å². The van der Waals surface area contributed by atoms with Crippen LogP contribution in [0.3, 0.4) is 0 Å². The molecule has 0 atom stereocenters. The minimum atomic E-state index is -4.37. The molecule has 0 saturated heterocycles. The Balaban J connectivity index is 1.60. The lowest BCUT2D eigenvalue weighted by Gasteiger charge is -2.21. The fourth-order valence-electron chi connectivity index (χ4n) is 2.44. The fraction of sp³-hybridized carbons (Fsp3) is 0.238. The molecule has 0 aliphatic carbocycles. The van der Waals surface area contributed by atoms with Gasteiger partial charge in [0.15, 0.2) is 5.60 Å². The number of carboxylic acids is 1. The minimum Gasteiger partial charge on any atom is -0.488 e. The Morgan fingerprint density at radius 2 is 1.63 bits per heavy atom. The van der Waals surface area contributed by atoms with Crippen LogP contribution in [0, 0.1) is 0 Å². The van der Waals surface area contributed by atoms with Crippen LogP contribution in [0.5, 0.6) is 11.5 Å². The average molecular weight is 437 g/mol. The van der Waals surface area contributed by atoms with E-state index < -0.39 is 23.3 Å². The zero-order valence-electron chi connectivity index (χ0n) is 16.1. The number of carbonyl (C=O) groups is 1. The number of hydrogen-bond donors (Lipinski definition) is 1. The topological polar surface area (TPSA) is 68.7 Å². The van der Waals surface area contributed by atoms with E-state index in [-0.39, 0.29) is 6.61 Å². The number of benzene rings is 2. The van der Waals surface area contributed by atoms with Crippen molar-refractivity contribution in [2.45, 2.75) is 32.2 Å². The molecule has 0 radical (unpaired) electrons. The van der Waals surface area contributed by atoms with Gasteiger partial charge in [-0.05, 0) is 67.8 Å². The highest BCUT2D eigenvalue weighted by molar-refractivity contribution is 7.06. The van der Waals surface area contributed by atoms with Crippen LogP contribution in [0.2, 0.25) is 0 Å². The summed E-state index contributed by atoms with van der Waals surface area (Å²) in [6.45, 7) is 3.15. The van der Waals surface area contributed by atoms with Gasteiger partial charge < -0.3 is 14.6 Å². The summed E-state index contributed by atoms with van der Waals surface area (Å²) in [5.74, 6) is -0.117. The molecule has 0 fully saturated rings. The van der Waals surface area contributed by atoms with E-state index in [0.717, 1.165) is 17.0 Å². The first-order valence-corrected chi connectivity index (χ1v) is 9.60. The SMILES string of the molecule is CC(C)(Oc1ccc(OCc2cc(-c3ccc(C(F)(F)F)cc3)ns2)cc1)C(=O)O. The fourth-order valence-corrected chi connectivity index (χ4v) is 3.09. The van der Waals surface area contributed by atoms with Crippen LogP contribution in [-0.4, -0.2) is 21.1 Å². The number of alkyl halides is 3. The van der Waals surface area contributed by atoms with Crippen LogP contribution < -0.4 is 9.47 Å². The standard InChI is InChI=1S/C21H18F3NO4S/c1-20(2,19(26)27)29-16-9-7-15(8-10-16)28-12-17-11-18(25-30-17)13-3-5-14(6-4-13)21(22,23)24/h3-11H,12H2,1-2H3,(H,26,27). The third-order valence-corrected chi connectivity index (χ3v) is 4.92. The van der Waals surface area contributed by atoms with Crippen molar-refractivity contribution in [2.24, 2.45) is 0 Å². The Labute approximate surface area is 174 Å². The summed E-state index contributed by atoms with van der Waals surface area (Å²) >= 11 is 1.20. The van der Waals surface area contributed by atoms with Crippen LogP contribution in [0.25, 0.3) is 11.3 Å². The predicted molar refractivity (Wildman–Crippen MR) is 106 cm³/mol. The number of ether oxygens (including phenoxy) is 2. The molecule has 0 unspecified atom stereocenters.